The van der Waals surface area contributed by atoms with E-state index in [4.69, 9.17) is 35.8 Å². The van der Waals surface area contributed by atoms with Gasteiger partial charge in [0.1, 0.15) is 12.4 Å². The second-order valence-corrected chi connectivity index (χ2v) is 5.95. The lowest BCUT2D eigenvalue weighted by Gasteiger charge is -2.12. The zero-order chi connectivity index (χ0) is 18.4. The predicted octanol–water partition coefficient (Wildman–Crippen LogP) is 3.50. The quantitative estimate of drug-likeness (QED) is 0.746. The minimum atomic E-state index is -0.516. The van der Waals surface area contributed by atoms with E-state index < -0.39 is 5.97 Å². The molecule has 0 spiro atoms. The van der Waals surface area contributed by atoms with Gasteiger partial charge in [0.25, 0.3) is 0 Å². The van der Waals surface area contributed by atoms with E-state index in [1.54, 1.807) is 36.4 Å². The van der Waals surface area contributed by atoms with Crippen LogP contribution in [0.2, 0.25) is 5.02 Å². The van der Waals surface area contributed by atoms with E-state index in [1.807, 2.05) is 6.07 Å². The molecule has 1 heterocycles. The summed E-state index contributed by atoms with van der Waals surface area (Å²) in [6.45, 7) is 0.912. The monoisotopic (exact) mass is 373 g/mol. The molecule has 0 unspecified atom stereocenters. The molecule has 0 aromatic heterocycles. The van der Waals surface area contributed by atoms with Gasteiger partial charge in [0.15, 0.2) is 18.1 Å². The van der Waals surface area contributed by atoms with Crippen LogP contribution in [0, 0.1) is 11.3 Å². The molecule has 0 fully saturated rings. The zero-order valence-corrected chi connectivity index (χ0v) is 14.6. The van der Waals surface area contributed by atoms with E-state index in [0.717, 1.165) is 6.42 Å². The highest BCUT2D eigenvalue weighted by Gasteiger charge is 2.16. The standard InChI is InChI=1S/C19H16ClNO5/c20-16-8-14(9-17-19(16)24-7-1-6-23-17)11-26-18(22)12-25-15-4-2-13(10-21)3-5-15/h2-5,8-9H,1,6-7,11-12H2. The van der Waals surface area contributed by atoms with E-state index >= 15 is 0 Å². The molecule has 0 saturated heterocycles. The maximum atomic E-state index is 11.9. The Kier molecular flexibility index (Phi) is 5.82. The average molecular weight is 374 g/mol. The highest BCUT2D eigenvalue weighted by molar-refractivity contribution is 6.32. The molecule has 2 aromatic carbocycles. The van der Waals surface area contributed by atoms with Gasteiger partial charge < -0.3 is 18.9 Å². The van der Waals surface area contributed by atoms with Crippen molar-refractivity contribution in [3.05, 3.63) is 52.5 Å². The molecule has 0 bridgehead atoms. The molecule has 0 aliphatic carbocycles. The van der Waals surface area contributed by atoms with Crippen LogP contribution in [0.1, 0.15) is 17.5 Å². The zero-order valence-electron chi connectivity index (χ0n) is 13.9. The van der Waals surface area contributed by atoms with E-state index in [0.29, 0.717) is 46.6 Å². The molecule has 0 N–H and O–H groups in total. The third-order valence-electron chi connectivity index (χ3n) is 3.60. The van der Waals surface area contributed by atoms with Crippen LogP contribution in [0.5, 0.6) is 17.2 Å². The van der Waals surface area contributed by atoms with Crippen molar-refractivity contribution in [2.75, 3.05) is 19.8 Å². The molecule has 0 radical (unpaired) electrons. The number of nitriles is 1. The third-order valence-corrected chi connectivity index (χ3v) is 3.88. The van der Waals surface area contributed by atoms with Crippen molar-refractivity contribution < 1.29 is 23.7 Å². The molecule has 134 valence electrons. The maximum absolute atomic E-state index is 11.9. The molecule has 2 aromatic rings. The van der Waals surface area contributed by atoms with Gasteiger partial charge in [-0.15, -0.1) is 0 Å². The van der Waals surface area contributed by atoms with Gasteiger partial charge in [0.05, 0.1) is 29.9 Å². The van der Waals surface area contributed by atoms with Crippen molar-refractivity contribution in [1.29, 1.82) is 5.26 Å². The number of ether oxygens (including phenoxy) is 4. The van der Waals surface area contributed by atoms with Crippen molar-refractivity contribution in [3.8, 4) is 23.3 Å². The van der Waals surface area contributed by atoms with Crippen LogP contribution in [0.25, 0.3) is 0 Å². The molecular weight excluding hydrogens is 358 g/mol. The molecule has 1 aliphatic heterocycles. The second-order valence-electron chi connectivity index (χ2n) is 5.54. The molecule has 0 atom stereocenters. The van der Waals surface area contributed by atoms with Crippen LogP contribution in [0.3, 0.4) is 0 Å². The minimum Gasteiger partial charge on any atom is -0.489 e. The largest absolute Gasteiger partial charge is 0.489 e. The first-order valence-electron chi connectivity index (χ1n) is 8.02. The van der Waals surface area contributed by atoms with Gasteiger partial charge in [-0.25, -0.2) is 4.79 Å². The molecule has 3 rings (SSSR count). The van der Waals surface area contributed by atoms with Gasteiger partial charge in [-0.3, -0.25) is 0 Å². The number of halogens is 1. The van der Waals surface area contributed by atoms with Crippen LogP contribution in [0.4, 0.5) is 0 Å². The number of carbonyl (C=O) groups excluding carboxylic acids is 1. The first-order valence-corrected chi connectivity index (χ1v) is 8.40. The Morgan fingerprint density at radius 2 is 1.96 bits per heavy atom. The second kappa shape index (κ2) is 8.45. The summed E-state index contributed by atoms with van der Waals surface area (Å²) in [5.74, 6) is 1.04. The molecule has 1 aliphatic rings. The Bertz CT molecular complexity index is 829. The maximum Gasteiger partial charge on any atom is 0.344 e. The number of nitrogens with zero attached hydrogens (tertiary/aromatic N) is 1. The van der Waals surface area contributed by atoms with Crippen molar-refractivity contribution in [3.63, 3.8) is 0 Å². The van der Waals surface area contributed by atoms with E-state index in [2.05, 4.69) is 0 Å². The molecule has 0 saturated carbocycles. The number of hydrogen-bond acceptors (Lipinski definition) is 6. The summed E-state index contributed by atoms with van der Waals surface area (Å²) in [6.07, 6.45) is 0.780. The van der Waals surface area contributed by atoms with Gasteiger partial charge in [-0.05, 0) is 42.0 Å². The van der Waals surface area contributed by atoms with Gasteiger partial charge in [0, 0.05) is 6.42 Å². The van der Waals surface area contributed by atoms with Crippen molar-refractivity contribution in [2.24, 2.45) is 0 Å². The molecule has 7 heteroatoms. The van der Waals surface area contributed by atoms with Gasteiger partial charge >= 0.3 is 5.97 Å². The minimum absolute atomic E-state index is 0.0475. The Morgan fingerprint density at radius 1 is 1.19 bits per heavy atom. The number of hydrogen-bond donors (Lipinski definition) is 0. The molecule has 6 nitrogen and oxygen atoms in total. The molecule has 0 amide bonds. The fourth-order valence-corrected chi connectivity index (χ4v) is 2.63. The molecule has 26 heavy (non-hydrogen) atoms. The first-order chi connectivity index (χ1) is 12.7. The van der Waals surface area contributed by atoms with Crippen molar-refractivity contribution in [2.45, 2.75) is 13.0 Å². The third kappa shape index (κ3) is 4.58. The van der Waals surface area contributed by atoms with E-state index in [1.165, 1.54) is 0 Å². The first kappa shape index (κ1) is 17.9. The summed E-state index contributed by atoms with van der Waals surface area (Å²) in [5.41, 5.74) is 1.22. The molecular formula is C19H16ClNO5. The fourth-order valence-electron chi connectivity index (χ4n) is 2.34. The number of esters is 1. The SMILES string of the molecule is N#Cc1ccc(OCC(=O)OCc2cc(Cl)c3c(c2)OCCCO3)cc1. The topological polar surface area (TPSA) is 77.8 Å². The number of fused-ring (bicyclic) bond motifs is 1. The Balaban J connectivity index is 1.53. The smallest absolute Gasteiger partial charge is 0.344 e. The lowest BCUT2D eigenvalue weighted by Crippen LogP contribution is -2.14. The highest BCUT2D eigenvalue weighted by Crippen LogP contribution is 2.38. The summed E-state index contributed by atoms with van der Waals surface area (Å²) < 4.78 is 21.7. The van der Waals surface area contributed by atoms with Crippen molar-refractivity contribution >= 4 is 17.6 Å². The normalized spacial score (nSPS) is 12.6. The number of carbonyl (C=O) groups is 1. The Hall–Kier alpha value is -2.91. The summed E-state index contributed by atoms with van der Waals surface area (Å²) in [5, 5.41) is 9.16. The highest BCUT2D eigenvalue weighted by atomic mass is 35.5. The van der Waals surface area contributed by atoms with Crippen LogP contribution in [-0.2, 0) is 16.1 Å². The van der Waals surface area contributed by atoms with Gasteiger partial charge in [-0.1, -0.05) is 11.6 Å². The van der Waals surface area contributed by atoms with Gasteiger partial charge in [-0.2, -0.15) is 5.26 Å². The fraction of sp³-hybridized carbons (Fsp3) is 0.263. The summed E-state index contributed by atoms with van der Waals surface area (Å²) in [7, 11) is 0. The van der Waals surface area contributed by atoms with Crippen LogP contribution >= 0.6 is 11.6 Å². The average Bonchev–Trinajstić information content (AvgIpc) is 2.91. The summed E-state index contributed by atoms with van der Waals surface area (Å²) >= 11 is 6.21. The van der Waals surface area contributed by atoms with Crippen LogP contribution in [0.15, 0.2) is 36.4 Å². The summed E-state index contributed by atoms with van der Waals surface area (Å²) in [4.78, 5) is 11.9. The van der Waals surface area contributed by atoms with E-state index in [-0.39, 0.29) is 13.2 Å². The van der Waals surface area contributed by atoms with Gasteiger partial charge in [0.2, 0.25) is 0 Å². The Labute approximate surface area is 155 Å². The van der Waals surface area contributed by atoms with Crippen LogP contribution < -0.4 is 14.2 Å². The predicted molar refractivity (Wildman–Crippen MR) is 93.5 cm³/mol. The van der Waals surface area contributed by atoms with Crippen LogP contribution in [-0.4, -0.2) is 25.8 Å². The van der Waals surface area contributed by atoms with E-state index in [9.17, 15) is 4.79 Å². The summed E-state index contributed by atoms with van der Waals surface area (Å²) in [6, 6.07) is 11.9. The Morgan fingerprint density at radius 3 is 2.73 bits per heavy atom. The lowest BCUT2D eigenvalue weighted by molar-refractivity contribution is -0.147. The number of rotatable bonds is 5. The van der Waals surface area contributed by atoms with Crippen molar-refractivity contribution in [1.82, 2.24) is 0 Å². The lowest BCUT2D eigenvalue weighted by atomic mass is 10.2. The number of benzene rings is 2.